The molecule has 0 N–H and O–H groups in total. The van der Waals surface area contributed by atoms with E-state index in [9.17, 15) is 14.9 Å². The van der Waals surface area contributed by atoms with Gasteiger partial charge in [-0.05, 0) is 24.3 Å². The molecule has 0 bridgehead atoms. The molecule has 0 atom stereocenters. The number of methoxy groups -OCH3 is 2. The monoisotopic (exact) mass is 393 g/mol. The number of ether oxygens (including phenoxy) is 2. The SMILES string of the molecule is COCCn1c(=NC(=O)c2ccc([N+](=O)[O-])s2)sc2cc(OC)ccc21. The second-order valence-electron chi connectivity index (χ2n) is 5.17. The van der Waals surface area contributed by atoms with Crippen LogP contribution in [-0.2, 0) is 11.3 Å². The number of carbonyl (C=O) groups excluding carboxylic acids is 1. The second kappa shape index (κ2) is 7.77. The first kappa shape index (κ1) is 18.2. The van der Waals surface area contributed by atoms with Crippen LogP contribution in [-0.4, -0.2) is 36.2 Å². The summed E-state index contributed by atoms with van der Waals surface area (Å²) in [7, 11) is 3.19. The fourth-order valence-corrected chi connectivity index (χ4v) is 4.14. The number of hydrogen-bond acceptors (Lipinski definition) is 7. The molecule has 0 spiro atoms. The topological polar surface area (TPSA) is 96.0 Å². The number of hydrogen-bond donors (Lipinski definition) is 0. The minimum Gasteiger partial charge on any atom is -0.497 e. The van der Waals surface area contributed by atoms with E-state index in [-0.39, 0.29) is 9.88 Å². The second-order valence-corrected chi connectivity index (χ2v) is 7.25. The highest BCUT2D eigenvalue weighted by Crippen LogP contribution is 2.25. The summed E-state index contributed by atoms with van der Waals surface area (Å²) in [6.07, 6.45) is 0. The van der Waals surface area contributed by atoms with E-state index in [0.29, 0.717) is 23.7 Å². The average molecular weight is 393 g/mol. The van der Waals surface area contributed by atoms with Gasteiger partial charge in [0, 0.05) is 19.7 Å². The molecule has 0 fully saturated rings. The molecule has 0 saturated heterocycles. The Kier molecular flexibility index (Phi) is 5.45. The van der Waals surface area contributed by atoms with Crippen LogP contribution in [0.5, 0.6) is 5.75 Å². The van der Waals surface area contributed by atoms with E-state index >= 15 is 0 Å². The molecule has 2 heterocycles. The number of carbonyl (C=O) groups is 1. The maximum Gasteiger partial charge on any atom is 0.324 e. The van der Waals surface area contributed by atoms with Crippen molar-refractivity contribution >= 4 is 43.8 Å². The van der Waals surface area contributed by atoms with Crippen molar-refractivity contribution in [2.45, 2.75) is 6.54 Å². The zero-order valence-corrected chi connectivity index (χ0v) is 15.6. The summed E-state index contributed by atoms with van der Waals surface area (Å²) >= 11 is 2.16. The molecule has 136 valence electrons. The van der Waals surface area contributed by atoms with E-state index in [1.54, 1.807) is 14.2 Å². The van der Waals surface area contributed by atoms with Gasteiger partial charge in [-0.1, -0.05) is 22.7 Å². The number of nitrogens with zero attached hydrogens (tertiary/aromatic N) is 3. The van der Waals surface area contributed by atoms with E-state index in [1.165, 1.54) is 23.5 Å². The molecule has 0 aliphatic rings. The van der Waals surface area contributed by atoms with Crippen molar-refractivity contribution in [3.8, 4) is 5.75 Å². The zero-order chi connectivity index (χ0) is 18.7. The molecular weight excluding hydrogens is 378 g/mol. The summed E-state index contributed by atoms with van der Waals surface area (Å²) in [5.41, 5.74) is 0.913. The van der Waals surface area contributed by atoms with Crippen LogP contribution in [0, 0.1) is 10.1 Å². The van der Waals surface area contributed by atoms with Crippen molar-refractivity contribution in [1.82, 2.24) is 4.57 Å². The van der Waals surface area contributed by atoms with Crippen LogP contribution in [0.3, 0.4) is 0 Å². The van der Waals surface area contributed by atoms with Crippen molar-refractivity contribution < 1.29 is 19.2 Å². The molecule has 26 heavy (non-hydrogen) atoms. The van der Waals surface area contributed by atoms with Crippen LogP contribution in [0.2, 0.25) is 0 Å². The Bertz CT molecular complexity index is 1030. The maximum atomic E-state index is 12.4. The number of thiophene rings is 1. The molecule has 10 heteroatoms. The molecule has 0 aliphatic heterocycles. The first-order chi connectivity index (χ1) is 12.5. The zero-order valence-electron chi connectivity index (χ0n) is 14.0. The first-order valence-corrected chi connectivity index (χ1v) is 9.16. The Morgan fingerprint density at radius 2 is 2.08 bits per heavy atom. The van der Waals surface area contributed by atoms with Gasteiger partial charge in [-0.25, -0.2) is 0 Å². The molecule has 1 aromatic carbocycles. The molecule has 0 unspecified atom stereocenters. The van der Waals surface area contributed by atoms with Crippen LogP contribution in [0.1, 0.15) is 9.67 Å². The molecule has 0 aliphatic carbocycles. The number of aromatic nitrogens is 1. The van der Waals surface area contributed by atoms with E-state index in [1.807, 2.05) is 22.8 Å². The minimum absolute atomic E-state index is 0.0862. The molecule has 0 radical (unpaired) electrons. The van der Waals surface area contributed by atoms with Gasteiger partial charge in [0.15, 0.2) is 4.80 Å². The lowest BCUT2D eigenvalue weighted by atomic mass is 10.3. The highest BCUT2D eigenvalue weighted by Gasteiger charge is 2.16. The van der Waals surface area contributed by atoms with Crippen molar-refractivity contribution in [2.75, 3.05) is 20.8 Å². The van der Waals surface area contributed by atoms with Crippen LogP contribution >= 0.6 is 22.7 Å². The maximum absolute atomic E-state index is 12.4. The van der Waals surface area contributed by atoms with E-state index in [2.05, 4.69) is 4.99 Å². The van der Waals surface area contributed by atoms with Gasteiger partial charge in [-0.15, -0.1) is 0 Å². The van der Waals surface area contributed by atoms with Gasteiger partial charge in [-0.3, -0.25) is 14.9 Å². The summed E-state index contributed by atoms with van der Waals surface area (Å²) in [5, 5.41) is 10.7. The number of fused-ring (bicyclic) bond motifs is 1. The number of amides is 1. The molecule has 0 saturated carbocycles. The van der Waals surface area contributed by atoms with Crippen molar-refractivity contribution in [2.24, 2.45) is 4.99 Å². The first-order valence-electron chi connectivity index (χ1n) is 7.53. The number of benzene rings is 1. The van der Waals surface area contributed by atoms with Crippen molar-refractivity contribution in [1.29, 1.82) is 0 Å². The predicted octanol–water partition coefficient (Wildman–Crippen LogP) is 3.07. The Balaban J connectivity index is 2.07. The van der Waals surface area contributed by atoms with E-state index in [0.717, 1.165) is 21.6 Å². The Hall–Kier alpha value is -2.56. The van der Waals surface area contributed by atoms with Gasteiger partial charge < -0.3 is 14.0 Å². The normalized spacial score (nSPS) is 11.8. The van der Waals surface area contributed by atoms with Crippen molar-refractivity contribution in [3.63, 3.8) is 0 Å². The molecule has 8 nitrogen and oxygen atoms in total. The summed E-state index contributed by atoms with van der Waals surface area (Å²) in [6, 6.07) is 8.35. The molecule has 1 amide bonds. The third-order valence-corrected chi connectivity index (χ3v) is 5.65. The quantitative estimate of drug-likeness (QED) is 0.474. The van der Waals surface area contributed by atoms with Gasteiger partial charge in [0.1, 0.15) is 10.6 Å². The molecule has 3 aromatic rings. The summed E-state index contributed by atoms with van der Waals surface area (Å²) in [5.74, 6) is 0.206. The van der Waals surface area contributed by atoms with Gasteiger partial charge in [0.25, 0.3) is 5.91 Å². The third kappa shape index (κ3) is 3.66. The fourth-order valence-electron chi connectivity index (χ4n) is 2.35. The van der Waals surface area contributed by atoms with E-state index in [4.69, 9.17) is 9.47 Å². The summed E-state index contributed by atoms with van der Waals surface area (Å²) in [6.45, 7) is 0.989. The minimum atomic E-state index is -0.522. The predicted molar refractivity (Wildman–Crippen MR) is 99.1 cm³/mol. The lowest BCUT2D eigenvalue weighted by Crippen LogP contribution is -2.19. The van der Waals surface area contributed by atoms with Gasteiger partial charge >= 0.3 is 5.00 Å². The summed E-state index contributed by atoms with van der Waals surface area (Å²) < 4.78 is 13.2. The fraction of sp³-hybridized carbons (Fsp3) is 0.250. The average Bonchev–Trinajstić information content (AvgIpc) is 3.24. The molecule has 3 rings (SSSR count). The number of nitro groups is 1. The van der Waals surface area contributed by atoms with Crippen molar-refractivity contribution in [3.05, 3.63) is 50.1 Å². The highest BCUT2D eigenvalue weighted by molar-refractivity contribution is 7.17. The van der Waals surface area contributed by atoms with Gasteiger partial charge in [-0.2, -0.15) is 4.99 Å². The van der Waals surface area contributed by atoms with Crippen LogP contribution in [0.25, 0.3) is 10.2 Å². The molecule has 2 aromatic heterocycles. The number of rotatable bonds is 6. The standard InChI is InChI=1S/C16H15N3O5S2/c1-23-8-7-18-11-4-3-10(24-2)9-13(11)26-16(18)17-15(20)12-5-6-14(25-12)19(21)22/h3-6,9H,7-8H2,1-2H3. The lowest BCUT2D eigenvalue weighted by molar-refractivity contribution is -0.380. The molecular formula is C16H15N3O5S2. The van der Waals surface area contributed by atoms with Gasteiger partial charge in [0.05, 0.1) is 28.9 Å². The lowest BCUT2D eigenvalue weighted by Gasteiger charge is -2.04. The van der Waals surface area contributed by atoms with Crippen LogP contribution in [0.15, 0.2) is 35.3 Å². The van der Waals surface area contributed by atoms with Crippen LogP contribution in [0.4, 0.5) is 5.00 Å². The highest BCUT2D eigenvalue weighted by atomic mass is 32.1. The smallest absolute Gasteiger partial charge is 0.324 e. The largest absolute Gasteiger partial charge is 0.497 e. The Morgan fingerprint density at radius 1 is 1.27 bits per heavy atom. The van der Waals surface area contributed by atoms with Gasteiger partial charge in [0.2, 0.25) is 0 Å². The Labute approximate surface area is 156 Å². The number of thiazole rings is 1. The Morgan fingerprint density at radius 3 is 2.73 bits per heavy atom. The van der Waals surface area contributed by atoms with E-state index < -0.39 is 10.8 Å². The summed E-state index contributed by atoms with van der Waals surface area (Å²) in [4.78, 5) is 27.6. The van der Waals surface area contributed by atoms with Crippen LogP contribution < -0.4 is 9.54 Å². The third-order valence-electron chi connectivity index (χ3n) is 3.59.